The molecule has 0 spiro atoms. The molecule has 2 aromatic heterocycles. The first-order chi connectivity index (χ1) is 11.2. The molecule has 0 saturated heterocycles. The monoisotopic (exact) mass is 349 g/mol. The Bertz CT molecular complexity index is 847. The maximum atomic E-state index is 12.9. The van der Waals surface area contributed by atoms with E-state index in [4.69, 9.17) is 4.74 Å². The van der Waals surface area contributed by atoms with Crippen molar-refractivity contribution in [2.75, 3.05) is 7.11 Å². The number of fused-ring (bicyclic) bond motifs is 3. The molecule has 0 unspecified atom stereocenters. The number of thiophene rings is 1. The number of nitrogens with zero attached hydrogens (tertiary/aromatic N) is 3. The lowest BCUT2D eigenvalue weighted by Gasteiger charge is -2.33. The normalized spacial score (nSPS) is 19.1. The first-order valence-electron chi connectivity index (χ1n) is 8.21. The Hall–Kier alpha value is -1.76. The van der Waals surface area contributed by atoms with Crippen molar-refractivity contribution in [2.24, 2.45) is 11.3 Å². The van der Waals surface area contributed by atoms with Crippen LogP contribution in [0.5, 0.6) is 0 Å². The van der Waals surface area contributed by atoms with Crippen LogP contribution in [0.1, 0.15) is 50.6 Å². The summed E-state index contributed by atoms with van der Waals surface area (Å²) in [6.07, 6.45) is 2.92. The fourth-order valence-corrected chi connectivity index (χ4v) is 4.60. The third kappa shape index (κ3) is 2.75. The average molecular weight is 349 g/mol. The minimum atomic E-state index is -0.777. The molecule has 0 saturated carbocycles. The van der Waals surface area contributed by atoms with E-state index in [2.05, 4.69) is 31.1 Å². The lowest BCUT2D eigenvalue weighted by molar-refractivity contribution is -0.144. The highest BCUT2D eigenvalue weighted by atomic mass is 32.1. The molecule has 0 radical (unpaired) electrons. The van der Waals surface area contributed by atoms with Crippen LogP contribution < -0.4 is 5.56 Å². The summed E-state index contributed by atoms with van der Waals surface area (Å²) in [6, 6.07) is -0.777. The predicted octanol–water partition coefficient (Wildman–Crippen LogP) is 2.74. The summed E-state index contributed by atoms with van der Waals surface area (Å²) in [6.45, 7) is 8.39. The number of aryl methyl sites for hydroxylation is 1. The zero-order chi connectivity index (χ0) is 17.6. The van der Waals surface area contributed by atoms with Gasteiger partial charge in [-0.3, -0.25) is 4.79 Å². The zero-order valence-corrected chi connectivity index (χ0v) is 15.6. The van der Waals surface area contributed by atoms with Gasteiger partial charge in [-0.05, 0) is 43.1 Å². The van der Waals surface area contributed by atoms with Crippen LogP contribution in [-0.2, 0) is 22.4 Å². The molecule has 0 aliphatic heterocycles. The number of ether oxygens (including phenoxy) is 1. The number of carbonyl (C=O) groups excluding carboxylic acids is 1. The molecule has 0 amide bonds. The van der Waals surface area contributed by atoms with E-state index in [-0.39, 0.29) is 11.0 Å². The molecular weight excluding hydrogens is 326 g/mol. The van der Waals surface area contributed by atoms with Gasteiger partial charge in [-0.15, -0.1) is 16.4 Å². The Morgan fingerprint density at radius 2 is 2.12 bits per heavy atom. The summed E-state index contributed by atoms with van der Waals surface area (Å²) in [5.74, 6) is 0.102. The van der Waals surface area contributed by atoms with Crippen LogP contribution in [0.2, 0.25) is 0 Å². The highest BCUT2D eigenvalue weighted by Crippen LogP contribution is 2.41. The van der Waals surface area contributed by atoms with Crippen molar-refractivity contribution in [3.05, 3.63) is 20.8 Å². The van der Waals surface area contributed by atoms with E-state index in [1.165, 1.54) is 12.0 Å². The smallest absolute Gasteiger partial charge is 0.330 e. The third-order valence-electron chi connectivity index (χ3n) is 5.03. The van der Waals surface area contributed by atoms with Crippen LogP contribution in [0.15, 0.2) is 4.79 Å². The Morgan fingerprint density at radius 3 is 2.75 bits per heavy atom. The molecule has 0 fully saturated rings. The lowest BCUT2D eigenvalue weighted by Crippen LogP contribution is -2.32. The first kappa shape index (κ1) is 17.1. The van der Waals surface area contributed by atoms with Crippen LogP contribution in [0.25, 0.3) is 10.2 Å². The number of carbonyl (C=O) groups is 1. The first-order valence-corrected chi connectivity index (χ1v) is 9.03. The molecule has 24 heavy (non-hydrogen) atoms. The highest BCUT2D eigenvalue weighted by molar-refractivity contribution is 7.18. The molecule has 3 rings (SSSR count). The maximum Gasteiger partial charge on any atom is 0.330 e. The van der Waals surface area contributed by atoms with Crippen molar-refractivity contribution < 1.29 is 9.53 Å². The van der Waals surface area contributed by atoms with Gasteiger partial charge in [-0.2, -0.15) is 4.68 Å². The van der Waals surface area contributed by atoms with E-state index in [0.29, 0.717) is 16.1 Å². The van der Waals surface area contributed by atoms with Crippen LogP contribution in [-0.4, -0.2) is 28.1 Å². The molecular formula is C17H23N3O3S. The van der Waals surface area contributed by atoms with Gasteiger partial charge < -0.3 is 4.74 Å². The summed E-state index contributed by atoms with van der Waals surface area (Å²) >= 11 is 1.57. The number of aromatic nitrogens is 3. The van der Waals surface area contributed by atoms with Gasteiger partial charge in [0.05, 0.1) is 12.5 Å². The Labute approximate surface area is 144 Å². The summed E-state index contributed by atoms with van der Waals surface area (Å²) in [7, 11) is 1.30. The maximum absolute atomic E-state index is 12.9. The SMILES string of the molecule is COC(=O)[C@@H](C)n1nnc2sc3c(c2c1=O)CC[C@@H](C(C)(C)C)C3. The van der Waals surface area contributed by atoms with Crippen molar-refractivity contribution in [1.82, 2.24) is 15.0 Å². The van der Waals surface area contributed by atoms with Gasteiger partial charge in [0, 0.05) is 4.88 Å². The Balaban J connectivity index is 2.08. The van der Waals surface area contributed by atoms with Crippen molar-refractivity contribution in [1.29, 1.82) is 0 Å². The van der Waals surface area contributed by atoms with Crippen LogP contribution in [0.3, 0.4) is 0 Å². The summed E-state index contributed by atoms with van der Waals surface area (Å²) in [5.41, 5.74) is 1.10. The second-order valence-electron chi connectivity index (χ2n) is 7.53. The van der Waals surface area contributed by atoms with Gasteiger partial charge in [0.2, 0.25) is 0 Å². The highest BCUT2D eigenvalue weighted by Gasteiger charge is 2.32. The van der Waals surface area contributed by atoms with Crippen molar-refractivity contribution in [3.63, 3.8) is 0 Å². The minimum Gasteiger partial charge on any atom is -0.467 e. The molecule has 2 aromatic rings. The largest absolute Gasteiger partial charge is 0.467 e. The van der Waals surface area contributed by atoms with Gasteiger partial charge in [0.1, 0.15) is 0 Å². The van der Waals surface area contributed by atoms with E-state index >= 15 is 0 Å². The van der Waals surface area contributed by atoms with Gasteiger partial charge in [0.15, 0.2) is 10.9 Å². The molecule has 7 heteroatoms. The van der Waals surface area contributed by atoms with Crippen LogP contribution in [0.4, 0.5) is 0 Å². The molecule has 1 aliphatic carbocycles. The molecule has 2 heterocycles. The van der Waals surface area contributed by atoms with E-state index in [9.17, 15) is 9.59 Å². The summed E-state index contributed by atoms with van der Waals surface area (Å²) < 4.78 is 5.85. The standard InChI is InChI=1S/C17H23N3O3S/c1-9(16(22)23-5)20-15(21)13-11-7-6-10(17(2,3)4)8-12(11)24-14(13)18-19-20/h9-10H,6-8H2,1-5H3/t9-,10-/m1/s1. The van der Waals surface area contributed by atoms with Gasteiger partial charge in [-0.25, -0.2) is 4.79 Å². The minimum absolute atomic E-state index is 0.246. The number of hydrogen-bond acceptors (Lipinski definition) is 6. The van der Waals surface area contributed by atoms with Crippen molar-refractivity contribution in [2.45, 2.75) is 53.0 Å². The molecule has 130 valence electrons. The Kier molecular flexibility index (Phi) is 4.23. The fraction of sp³-hybridized carbons (Fsp3) is 0.647. The second kappa shape index (κ2) is 5.95. The topological polar surface area (TPSA) is 74.1 Å². The predicted molar refractivity (Wildman–Crippen MR) is 93.4 cm³/mol. The average Bonchev–Trinajstić information content (AvgIpc) is 2.91. The quantitative estimate of drug-likeness (QED) is 0.780. The third-order valence-corrected chi connectivity index (χ3v) is 6.17. The number of esters is 1. The van der Waals surface area contributed by atoms with E-state index < -0.39 is 12.0 Å². The van der Waals surface area contributed by atoms with Gasteiger partial charge in [-0.1, -0.05) is 26.0 Å². The molecule has 2 atom stereocenters. The molecule has 0 N–H and O–H groups in total. The summed E-state index contributed by atoms with van der Waals surface area (Å²) in [4.78, 5) is 26.5. The van der Waals surface area contributed by atoms with Gasteiger partial charge in [0.25, 0.3) is 5.56 Å². The molecule has 0 aromatic carbocycles. The van der Waals surface area contributed by atoms with E-state index in [1.54, 1.807) is 18.3 Å². The van der Waals surface area contributed by atoms with Crippen molar-refractivity contribution in [3.8, 4) is 0 Å². The second-order valence-corrected chi connectivity index (χ2v) is 8.61. The lowest BCUT2D eigenvalue weighted by atomic mass is 9.72. The van der Waals surface area contributed by atoms with Gasteiger partial charge >= 0.3 is 5.97 Å². The van der Waals surface area contributed by atoms with E-state index in [1.807, 2.05) is 0 Å². The fourth-order valence-electron chi connectivity index (χ4n) is 3.37. The zero-order valence-electron chi connectivity index (χ0n) is 14.8. The molecule has 0 bridgehead atoms. The molecule has 6 nitrogen and oxygen atoms in total. The number of methoxy groups -OCH3 is 1. The summed E-state index contributed by atoms with van der Waals surface area (Å²) in [5, 5.41) is 8.78. The number of hydrogen-bond donors (Lipinski definition) is 0. The number of rotatable bonds is 2. The molecule has 1 aliphatic rings. The van der Waals surface area contributed by atoms with Crippen LogP contribution >= 0.6 is 11.3 Å². The van der Waals surface area contributed by atoms with Crippen molar-refractivity contribution >= 4 is 27.5 Å². The van der Waals surface area contributed by atoms with E-state index in [0.717, 1.165) is 29.5 Å². The Morgan fingerprint density at radius 1 is 1.42 bits per heavy atom. The van der Waals surface area contributed by atoms with Crippen LogP contribution in [0, 0.1) is 11.3 Å².